The summed E-state index contributed by atoms with van der Waals surface area (Å²) in [5.74, 6) is -2.76. The largest absolute Gasteiger partial charge is 0.481 e. The molecule has 0 saturated heterocycles. The topological polar surface area (TPSA) is 134 Å². The zero-order valence-electron chi connectivity index (χ0n) is 18.8. The number of nitrogens with one attached hydrogen (secondary N) is 3. The molecule has 172 valence electrons. The number of carboxylic acid groups (broad SMARTS) is 1. The smallest absolute Gasteiger partial charge is 0.303 e. The van der Waals surface area contributed by atoms with E-state index in [-0.39, 0.29) is 49.9 Å². The molecule has 0 aliphatic rings. The van der Waals surface area contributed by atoms with Crippen molar-refractivity contribution in [3.8, 4) is 0 Å². The maximum Gasteiger partial charge on any atom is 0.303 e. The second kappa shape index (κ2) is 12.6. The van der Waals surface area contributed by atoms with Gasteiger partial charge in [0.05, 0.1) is 0 Å². The van der Waals surface area contributed by atoms with Gasteiger partial charge in [-0.15, -0.1) is 0 Å². The van der Waals surface area contributed by atoms with Gasteiger partial charge < -0.3 is 25.8 Å². The van der Waals surface area contributed by atoms with Crippen molar-refractivity contribution < 1.29 is 29.0 Å². The molecule has 0 spiro atoms. The van der Waals surface area contributed by atoms with Crippen molar-refractivity contribution in [2.24, 2.45) is 11.8 Å². The number of carbonyl (C=O) groups excluding carboxylic acids is 3. The summed E-state index contributed by atoms with van der Waals surface area (Å²) < 4.78 is 5.03. The van der Waals surface area contributed by atoms with Crippen molar-refractivity contribution in [1.29, 1.82) is 0 Å². The Hall–Kier alpha value is -3.10. The average Bonchev–Trinajstić information content (AvgIpc) is 2.68. The Labute approximate surface area is 182 Å². The van der Waals surface area contributed by atoms with Crippen LogP contribution in [0, 0.1) is 11.8 Å². The summed E-state index contributed by atoms with van der Waals surface area (Å²) >= 11 is 0. The molecule has 9 heteroatoms. The van der Waals surface area contributed by atoms with Gasteiger partial charge in [0, 0.05) is 55.2 Å². The third kappa shape index (κ3) is 9.50. The van der Waals surface area contributed by atoms with E-state index in [4.69, 9.17) is 9.84 Å². The summed E-state index contributed by atoms with van der Waals surface area (Å²) in [6.45, 7) is 9.03. The highest BCUT2D eigenvalue weighted by Crippen LogP contribution is 2.18. The normalized spacial score (nSPS) is 12.6. The SMILES string of the molecule is CC(=O)OCc1ccc(NC(C)C)cc1C(=O)NCCNC(=O)C(C)C(C)CC(=O)O. The van der Waals surface area contributed by atoms with Gasteiger partial charge in [0.15, 0.2) is 0 Å². The van der Waals surface area contributed by atoms with Crippen LogP contribution < -0.4 is 16.0 Å². The lowest BCUT2D eigenvalue weighted by atomic mass is 9.92. The molecule has 4 N–H and O–H groups in total. The molecule has 1 rings (SSSR count). The van der Waals surface area contributed by atoms with Gasteiger partial charge in [0.25, 0.3) is 5.91 Å². The average molecular weight is 436 g/mol. The molecule has 0 aliphatic heterocycles. The van der Waals surface area contributed by atoms with Crippen LogP contribution >= 0.6 is 0 Å². The van der Waals surface area contributed by atoms with E-state index < -0.39 is 17.9 Å². The molecule has 0 bridgehead atoms. The first-order valence-corrected chi connectivity index (χ1v) is 10.3. The van der Waals surface area contributed by atoms with Crippen LogP contribution in [0.2, 0.25) is 0 Å². The molecule has 0 radical (unpaired) electrons. The van der Waals surface area contributed by atoms with Crippen molar-refractivity contribution in [2.45, 2.75) is 53.7 Å². The van der Waals surface area contributed by atoms with Crippen LogP contribution in [0.4, 0.5) is 5.69 Å². The number of carboxylic acids is 1. The second-order valence-corrected chi connectivity index (χ2v) is 7.86. The van der Waals surface area contributed by atoms with Crippen molar-refractivity contribution in [2.75, 3.05) is 18.4 Å². The van der Waals surface area contributed by atoms with E-state index in [1.807, 2.05) is 19.9 Å². The number of benzene rings is 1. The maximum atomic E-state index is 12.7. The Morgan fingerprint density at radius 2 is 1.68 bits per heavy atom. The molecule has 0 aromatic heterocycles. The Kier molecular flexibility index (Phi) is 10.5. The zero-order chi connectivity index (χ0) is 23.6. The highest BCUT2D eigenvalue weighted by Gasteiger charge is 2.22. The quantitative estimate of drug-likeness (QED) is 0.292. The predicted molar refractivity (Wildman–Crippen MR) is 117 cm³/mol. The number of ether oxygens (including phenoxy) is 1. The Morgan fingerprint density at radius 3 is 2.26 bits per heavy atom. The van der Waals surface area contributed by atoms with Gasteiger partial charge in [-0.25, -0.2) is 0 Å². The molecule has 0 fully saturated rings. The fourth-order valence-electron chi connectivity index (χ4n) is 2.84. The number of hydrogen-bond donors (Lipinski definition) is 4. The fourth-order valence-corrected chi connectivity index (χ4v) is 2.84. The molecule has 1 aromatic carbocycles. The van der Waals surface area contributed by atoms with E-state index in [2.05, 4.69) is 16.0 Å². The van der Waals surface area contributed by atoms with Crippen LogP contribution in [0.5, 0.6) is 0 Å². The molecule has 2 amide bonds. The third-order valence-electron chi connectivity index (χ3n) is 4.71. The Balaban J connectivity index is 2.69. The number of aliphatic carboxylic acids is 1. The molecular weight excluding hydrogens is 402 g/mol. The number of amides is 2. The second-order valence-electron chi connectivity index (χ2n) is 7.86. The van der Waals surface area contributed by atoms with Crippen LogP contribution in [0.1, 0.15) is 57.0 Å². The van der Waals surface area contributed by atoms with Gasteiger partial charge in [-0.3, -0.25) is 19.2 Å². The summed E-state index contributed by atoms with van der Waals surface area (Å²) in [7, 11) is 0. The summed E-state index contributed by atoms with van der Waals surface area (Å²) in [6, 6.07) is 5.42. The van der Waals surface area contributed by atoms with Gasteiger partial charge >= 0.3 is 11.9 Å². The zero-order valence-corrected chi connectivity index (χ0v) is 18.8. The van der Waals surface area contributed by atoms with E-state index in [1.54, 1.807) is 26.0 Å². The lowest BCUT2D eigenvalue weighted by molar-refractivity contribution is -0.142. The van der Waals surface area contributed by atoms with Crippen LogP contribution in [0.3, 0.4) is 0 Å². The summed E-state index contributed by atoms with van der Waals surface area (Å²) in [5, 5.41) is 17.5. The van der Waals surface area contributed by atoms with Crippen LogP contribution in [-0.4, -0.2) is 48.0 Å². The van der Waals surface area contributed by atoms with Crippen molar-refractivity contribution in [3.05, 3.63) is 29.3 Å². The number of carbonyl (C=O) groups is 4. The molecule has 0 heterocycles. The van der Waals surface area contributed by atoms with Crippen LogP contribution in [-0.2, 0) is 25.7 Å². The molecule has 2 atom stereocenters. The number of rotatable bonds is 12. The van der Waals surface area contributed by atoms with Crippen LogP contribution in [0.25, 0.3) is 0 Å². The highest BCUT2D eigenvalue weighted by atomic mass is 16.5. The minimum Gasteiger partial charge on any atom is -0.481 e. The molecule has 9 nitrogen and oxygen atoms in total. The monoisotopic (exact) mass is 435 g/mol. The molecule has 1 aromatic rings. The Bertz CT molecular complexity index is 793. The summed E-state index contributed by atoms with van der Waals surface area (Å²) in [4.78, 5) is 46.8. The minimum atomic E-state index is -0.946. The molecule has 2 unspecified atom stereocenters. The number of anilines is 1. The van der Waals surface area contributed by atoms with Gasteiger partial charge in [0.1, 0.15) is 6.61 Å². The molecule has 31 heavy (non-hydrogen) atoms. The summed E-state index contributed by atoms with van der Waals surface area (Å²) in [5.41, 5.74) is 1.71. The maximum absolute atomic E-state index is 12.7. The van der Waals surface area contributed by atoms with Crippen molar-refractivity contribution in [1.82, 2.24) is 10.6 Å². The lowest BCUT2D eigenvalue weighted by Crippen LogP contribution is -2.39. The van der Waals surface area contributed by atoms with E-state index >= 15 is 0 Å². The molecular formula is C22H33N3O6. The summed E-state index contributed by atoms with van der Waals surface area (Å²) in [6.07, 6.45) is -0.0861. The number of esters is 1. The van der Waals surface area contributed by atoms with E-state index in [9.17, 15) is 19.2 Å². The van der Waals surface area contributed by atoms with Crippen LogP contribution in [0.15, 0.2) is 18.2 Å². The first kappa shape index (κ1) is 25.9. The van der Waals surface area contributed by atoms with E-state index in [0.29, 0.717) is 11.1 Å². The Morgan fingerprint density at radius 1 is 1.03 bits per heavy atom. The van der Waals surface area contributed by atoms with Gasteiger partial charge in [0.2, 0.25) is 5.91 Å². The first-order valence-electron chi connectivity index (χ1n) is 10.3. The lowest BCUT2D eigenvalue weighted by Gasteiger charge is -2.18. The van der Waals surface area contributed by atoms with Gasteiger partial charge in [-0.05, 0) is 31.9 Å². The predicted octanol–water partition coefficient (Wildman–Crippen LogP) is 2.16. The molecule has 0 aliphatic carbocycles. The van der Waals surface area contributed by atoms with Gasteiger partial charge in [-0.2, -0.15) is 0 Å². The highest BCUT2D eigenvalue weighted by molar-refractivity contribution is 5.96. The van der Waals surface area contributed by atoms with E-state index in [1.165, 1.54) is 6.92 Å². The number of hydrogen-bond acceptors (Lipinski definition) is 6. The van der Waals surface area contributed by atoms with Crippen molar-refractivity contribution >= 4 is 29.4 Å². The standard InChI is InChI=1S/C22H33N3O6/c1-13(2)25-18-7-6-17(12-31-16(5)26)19(11-18)22(30)24-9-8-23-21(29)15(4)14(3)10-20(27)28/h6-7,11,13-15,25H,8-10,12H2,1-5H3,(H,23,29)(H,24,30)(H,27,28). The first-order chi connectivity index (χ1) is 14.5. The fraction of sp³-hybridized carbons (Fsp3) is 0.545. The molecule has 0 saturated carbocycles. The third-order valence-corrected chi connectivity index (χ3v) is 4.71. The van der Waals surface area contributed by atoms with Gasteiger partial charge in [-0.1, -0.05) is 19.9 Å². The minimum absolute atomic E-state index is 0.0181. The van der Waals surface area contributed by atoms with Crippen molar-refractivity contribution in [3.63, 3.8) is 0 Å². The van der Waals surface area contributed by atoms with E-state index in [0.717, 1.165) is 5.69 Å².